The smallest absolute Gasteiger partial charge is 0.411 e. The molecule has 2 N–H and O–H groups in total. The first kappa shape index (κ1) is 20.7. The van der Waals surface area contributed by atoms with Gasteiger partial charge in [0.15, 0.2) is 0 Å². The summed E-state index contributed by atoms with van der Waals surface area (Å²) in [5.41, 5.74) is 2.59. The van der Waals surface area contributed by atoms with Crippen LogP contribution in [0.25, 0.3) is 10.8 Å². The zero-order valence-corrected chi connectivity index (χ0v) is 17.4. The lowest BCUT2D eigenvalue weighted by atomic mass is 10.1. The molecule has 1 aliphatic rings. The number of fused-ring (bicyclic) bond motifs is 1. The summed E-state index contributed by atoms with van der Waals surface area (Å²) in [6, 6.07) is 18.5. The second-order valence-corrected chi connectivity index (χ2v) is 7.74. The van der Waals surface area contributed by atoms with Crippen molar-refractivity contribution >= 4 is 34.2 Å². The average Bonchev–Trinajstić information content (AvgIpc) is 2.78. The number of hydrogen-bond acceptors (Lipinski definition) is 5. The summed E-state index contributed by atoms with van der Waals surface area (Å²) in [7, 11) is 2.15. The Labute approximate surface area is 180 Å². The minimum Gasteiger partial charge on any atom is -0.478 e. The number of anilines is 2. The molecule has 160 valence electrons. The highest BCUT2D eigenvalue weighted by Gasteiger charge is 2.14. The molecule has 0 unspecified atom stereocenters. The summed E-state index contributed by atoms with van der Waals surface area (Å²) in [6.07, 6.45) is -0.631. The predicted octanol–water partition coefficient (Wildman–Crippen LogP) is 4.04. The lowest BCUT2D eigenvalue weighted by molar-refractivity contribution is 0.0696. The molecule has 4 rings (SSSR count). The number of nitrogens with zero attached hydrogens (tertiary/aromatic N) is 2. The molecule has 0 bridgehead atoms. The monoisotopic (exact) mass is 419 g/mol. The molecule has 1 aliphatic heterocycles. The Morgan fingerprint density at radius 3 is 2.48 bits per heavy atom. The van der Waals surface area contributed by atoms with Gasteiger partial charge in [0.1, 0.15) is 6.61 Å². The first-order chi connectivity index (χ1) is 15.0. The van der Waals surface area contributed by atoms with Crippen molar-refractivity contribution in [3.05, 3.63) is 71.8 Å². The van der Waals surface area contributed by atoms with Crippen molar-refractivity contribution in [2.24, 2.45) is 0 Å². The second kappa shape index (κ2) is 9.06. The molecular formula is C24H25N3O4. The molecule has 0 aromatic heterocycles. The normalized spacial score (nSPS) is 14.4. The maximum atomic E-state index is 12.1. The summed E-state index contributed by atoms with van der Waals surface area (Å²) in [5.74, 6) is -1.05. The topological polar surface area (TPSA) is 82.1 Å². The predicted molar refractivity (Wildman–Crippen MR) is 121 cm³/mol. The number of nitrogens with one attached hydrogen (secondary N) is 1. The van der Waals surface area contributed by atoms with E-state index in [0.717, 1.165) is 42.5 Å². The summed E-state index contributed by atoms with van der Waals surface area (Å²) in [4.78, 5) is 27.9. The van der Waals surface area contributed by atoms with Crippen LogP contribution in [0.15, 0.2) is 60.7 Å². The van der Waals surface area contributed by atoms with Crippen LogP contribution >= 0.6 is 0 Å². The fraction of sp³-hybridized carbons (Fsp3) is 0.250. The van der Waals surface area contributed by atoms with Crippen LogP contribution in [0.1, 0.15) is 15.9 Å². The van der Waals surface area contributed by atoms with E-state index < -0.39 is 12.1 Å². The number of carbonyl (C=O) groups is 2. The second-order valence-electron chi connectivity index (χ2n) is 7.74. The van der Waals surface area contributed by atoms with E-state index in [-0.39, 0.29) is 12.2 Å². The van der Waals surface area contributed by atoms with E-state index in [9.17, 15) is 9.59 Å². The van der Waals surface area contributed by atoms with Crippen molar-refractivity contribution in [3.8, 4) is 0 Å². The van der Waals surface area contributed by atoms with Gasteiger partial charge in [-0.05, 0) is 59.8 Å². The molecule has 1 fully saturated rings. The van der Waals surface area contributed by atoms with E-state index in [1.807, 2.05) is 18.2 Å². The van der Waals surface area contributed by atoms with Crippen LogP contribution in [0.2, 0.25) is 0 Å². The van der Waals surface area contributed by atoms with Crippen molar-refractivity contribution < 1.29 is 19.4 Å². The molecule has 1 saturated heterocycles. The molecule has 0 atom stereocenters. The summed E-state index contributed by atoms with van der Waals surface area (Å²) < 4.78 is 5.30. The Morgan fingerprint density at radius 2 is 1.71 bits per heavy atom. The molecule has 3 aromatic rings. The van der Waals surface area contributed by atoms with Gasteiger partial charge in [-0.3, -0.25) is 5.32 Å². The number of hydrogen-bond donors (Lipinski definition) is 2. The zero-order chi connectivity index (χ0) is 21.8. The maximum Gasteiger partial charge on any atom is 0.411 e. The summed E-state index contributed by atoms with van der Waals surface area (Å²) >= 11 is 0. The number of amides is 1. The third kappa shape index (κ3) is 5.13. The molecule has 7 heteroatoms. The molecule has 31 heavy (non-hydrogen) atoms. The number of carbonyl (C=O) groups excluding carboxylic acids is 1. The van der Waals surface area contributed by atoms with Gasteiger partial charge in [-0.15, -0.1) is 0 Å². The third-order valence-corrected chi connectivity index (χ3v) is 5.48. The molecule has 0 aliphatic carbocycles. The highest BCUT2D eigenvalue weighted by Crippen LogP contribution is 2.24. The number of likely N-dealkylation sites (N-methyl/N-ethyl adjacent to an activating group) is 1. The van der Waals surface area contributed by atoms with Crippen LogP contribution in [-0.2, 0) is 11.3 Å². The van der Waals surface area contributed by atoms with Gasteiger partial charge in [-0.1, -0.05) is 24.3 Å². The molecule has 0 saturated carbocycles. The van der Waals surface area contributed by atoms with Crippen molar-refractivity contribution in [1.82, 2.24) is 4.90 Å². The molecule has 3 aromatic carbocycles. The Bertz CT molecular complexity index is 1110. The molecular weight excluding hydrogens is 394 g/mol. The van der Waals surface area contributed by atoms with Crippen LogP contribution in [-0.4, -0.2) is 55.3 Å². The van der Waals surface area contributed by atoms with Gasteiger partial charge in [0.2, 0.25) is 0 Å². The zero-order valence-electron chi connectivity index (χ0n) is 17.4. The first-order valence-electron chi connectivity index (χ1n) is 10.2. The quantitative estimate of drug-likeness (QED) is 0.650. The van der Waals surface area contributed by atoms with E-state index in [0.29, 0.717) is 5.69 Å². The van der Waals surface area contributed by atoms with Crippen molar-refractivity contribution in [1.29, 1.82) is 0 Å². The van der Waals surface area contributed by atoms with E-state index in [2.05, 4.69) is 40.4 Å². The van der Waals surface area contributed by atoms with Crippen molar-refractivity contribution in [2.45, 2.75) is 6.61 Å². The van der Waals surface area contributed by atoms with E-state index >= 15 is 0 Å². The largest absolute Gasteiger partial charge is 0.478 e. The van der Waals surface area contributed by atoms with Crippen LogP contribution in [0, 0.1) is 0 Å². The minimum absolute atomic E-state index is 0.100. The van der Waals surface area contributed by atoms with E-state index in [1.165, 1.54) is 17.8 Å². The van der Waals surface area contributed by atoms with Gasteiger partial charge >= 0.3 is 12.1 Å². The minimum atomic E-state index is -1.05. The Morgan fingerprint density at radius 1 is 0.968 bits per heavy atom. The Balaban J connectivity index is 1.37. The first-order valence-corrected chi connectivity index (χ1v) is 10.2. The number of carboxylic acid groups (broad SMARTS) is 1. The summed E-state index contributed by atoms with van der Waals surface area (Å²) in [5, 5.41) is 13.8. The van der Waals surface area contributed by atoms with Crippen LogP contribution in [0.5, 0.6) is 0 Å². The third-order valence-electron chi connectivity index (χ3n) is 5.48. The molecule has 0 spiro atoms. The fourth-order valence-electron chi connectivity index (χ4n) is 3.67. The SMILES string of the molecule is CN1CCN(c2ccc3cc(COC(=O)Nc4cccc(C(=O)O)c4)ccc3c2)CC1. The van der Waals surface area contributed by atoms with Crippen LogP contribution < -0.4 is 10.2 Å². The number of ether oxygens (including phenoxy) is 1. The molecule has 0 radical (unpaired) electrons. The van der Waals surface area contributed by atoms with Crippen molar-refractivity contribution in [3.63, 3.8) is 0 Å². The molecule has 7 nitrogen and oxygen atoms in total. The van der Waals surface area contributed by atoms with E-state index in [1.54, 1.807) is 12.1 Å². The molecule has 1 amide bonds. The highest BCUT2D eigenvalue weighted by atomic mass is 16.5. The van der Waals surface area contributed by atoms with Crippen LogP contribution in [0.3, 0.4) is 0 Å². The number of benzene rings is 3. The number of rotatable bonds is 5. The maximum absolute atomic E-state index is 12.1. The lowest BCUT2D eigenvalue weighted by Gasteiger charge is -2.34. The van der Waals surface area contributed by atoms with Gasteiger partial charge in [0, 0.05) is 37.6 Å². The number of aromatic carboxylic acids is 1. The number of piperazine rings is 1. The lowest BCUT2D eigenvalue weighted by Crippen LogP contribution is -2.44. The van der Waals surface area contributed by atoms with Gasteiger partial charge in [0.05, 0.1) is 5.56 Å². The standard InChI is InChI=1S/C24H25N3O4/c1-26-9-11-27(12-10-26)22-8-7-18-13-17(5-6-19(18)15-22)16-31-24(30)25-21-4-2-3-20(14-21)23(28)29/h2-8,13-15H,9-12,16H2,1H3,(H,25,30)(H,28,29). The fourth-order valence-corrected chi connectivity index (χ4v) is 3.67. The summed E-state index contributed by atoms with van der Waals surface area (Å²) in [6.45, 7) is 4.31. The van der Waals surface area contributed by atoms with E-state index in [4.69, 9.17) is 9.84 Å². The molecule has 1 heterocycles. The Kier molecular flexibility index (Phi) is 6.04. The van der Waals surface area contributed by atoms with Gasteiger partial charge in [-0.2, -0.15) is 0 Å². The Hall–Kier alpha value is -3.58. The van der Waals surface area contributed by atoms with Crippen LogP contribution in [0.4, 0.5) is 16.2 Å². The van der Waals surface area contributed by atoms with Gasteiger partial charge in [0.25, 0.3) is 0 Å². The number of carboxylic acids is 1. The van der Waals surface area contributed by atoms with Gasteiger partial charge < -0.3 is 19.6 Å². The average molecular weight is 419 g/mol. The van der Waals surface area contributed by atoms with Crippen molar-refractivity contribution in [2.75, 3.05) is 43.4 Å². The van der Waals surface area contributed by atoms with Gasteiger partial charge in [-0.25, -0.2) is 9.59 Å². The highest BCUT2D eigenvalue weighted by molar-refractivity contribution is 5.91.